The number of aromatic nitrogens is 2. The fraction of sp³-hybridized carbons (Fsp3) is 0.474. The molecule has 134 valence electrons. The van der Waals surface area contributed by atoms with Crippen molar-refractivity contribution < 1.29 is 4.79 Å². The lowest BCUT2D eigenvalue weighted by atomic mass is 10.1. The zero-order valence-electron chi connectivity index (χ0n) is 15.2. The van der Waals surface area contributed by atoms with E-state index in [-0.39, 0.29) is 12.1 Å². The number of benzene rings is 1. The molecule has 0 saturated heterocycles. The Morgan fingerprint density at radius 1 is 1.28 bits per heavy atom. The number of carbonyl (C=O) groups excluding carboxylic acids is 1. The Kier molecular flexibility index (Phi) is 5.38. The van der Waals surface area contributed by atoms with Gasteiger partial charge in [0.05, 0.1) is 12.2 Å². The van der Waals surface area contributed by atoms with Crippen LogP contribution in [0.25, 0.3) is 0 Å². The number of urea groups is 1. The first-order valence-corrected chi connectivity index (χ1v) is 8.80. The van der Waals surface area contributed by atoms with Gasteiger partial charge in [0.1, 0.15) is 0 Å². The van der Waals surface area contributed by atoms with E-state index in [1.54, 1.807) is 4.68 Å². The van der Waals surface area contributed by atoms with Gasteiger partial charge >= 0.3 is 6.03 Å². The highest BCUT2D eigenvalue weighted by Crippen LogP contribution is 2.22. The molecule has 0 saturated carbocycles. The summed E-state index contributed by atoms with van der Waals surface area (Å²) in [7, 11) is 5.90. The van der Waals surface area contributed by atoms with Crippen LogP contribution in [0.5, 0.6) is 0 Å². The largest absolute Gasteiger partial charge is 0.336 e. The van der Waals surface area contributed by atoms with Crippen LogP contribution in [0, 0.1) is 0 Å². The van der Waals surface area contributed by atoms with Gasteiger partial charge in [-0.3, -0.25) is 4.68 Å². The van der Waals surface area contributed by atoms with E-state index in [2.05, 4.69) is 38.8 Å². The van der Waals surface area contributed by atoms with Crippen molar-refractivity contribution in [2.45, 2.75) is 31.8 Å². The molecule has 2 aromatic rings. The van der Waals surface area contributed by atoms with Crippen LogP contribution in [0.3, 0.4) is 0 Å². The predicted molar refractivity (Wildman–Crippen MR) is 98.3 cm³/mol. The Balaban J connectivity index is 1.50. The van der Waals surface area contributed by atoms with Crippen molar-refractivity contribution in [1.29, 1.82) is 0 Å². The number of carbonyl (C=O) groups is 1. The van der Waals surface area contributed by atoms with Crippen molar-refractivity contribution >= 4 is 6.03 Å². The zero-order valence-corrected chi connectivity index (χ0v) is 15.2. The molecule has 0 spiro atoms. The third-order valence-electron chi connectivity index (χ3n) is 4.80. The predicted octanol–water partition coefficient (Wildman–Crippen LogP) is 2.01. The maximum atomic E-state index is 12.2. The summed E-state index contributed by atoms with van der Waals surface area (Å²) in [6.45, 7) is 1.09. The maximum absolute atomic E-state index is 12.2. The molecule has 1 aliphatic carbocycles. The topological polar surface area (TPSA) is 62.2 Å². The lowest BCUT2D eigenvalue weighted by Crippen LogP contribution is -2.40. The van der Waals surface area contributed by atoms with Gasteiger partial charge in [-0.2, -0.15) is 5.10 Å². The molecule has 1 unspecified atom stereocenters. The lowest BCUT2D eigenvalue weighted by Gasteiger charge is -2.23. The smallest absolute Gasteiger partial charge is 0.315 e. The summed E-state index contributed by atoms with van der Waals surface area (Å²) in [6.07, 6.45) is 7.41. The zero-order chi connectivity index (χ0) is 17.8. The minimum atomic E-state index is -0.142. The van der Waals surface area contributed by atoms with Crippen LogP contribution in [-0.2, 0) is 26.4 Å². The number of aryl methyl sites for hydroxylation is 3. The third kappa shape index (κ3) is 4.39. The fourth-order valence-corrected chi connectivity index (χ4v) is 3.38. The molecule has 25 heavy (non-hydrogen) atoms. The summed E-state index contributed by atoms with van der Waals surface area (Å²) in [5, 5.41) is 10.1. The Labute approximate surface area is 149 Å². The highest BCUT2D eigenvalue weighted by atomic mass is 16.2. The molecule has 6 heteroatoms. The summed E-state index contributed by atoms with van der Waals surface area (Å²) < 4.78 is 1.78. The van der Waals surface area contributed by atoms with Crippen LogP contribution in [-0.4, -0.2) is 41.4 Å². The van der Waals surface area contributed by atoms with E-state index in [0.29, 0.717) is 13.1 Å². The molecule has 6 nitrogen and oxygen atoms in total. The summed E-state index contributed by atoms with van der Waals surface area (Å²) in [5.74, 6) is 0. The second-order valence-electron chi connectivity index (χ2n) is 6.95. The molecule has 0 radical (unpaired) electrons. The van der Waals surface area contributed by atoms with Gasteiger partial charge in [-0.05, 0) is 50.0 Å². The Hall–Kier alpha value is -2.34. The Morgan fingerprint density at radius 2 is 2.08 bits per heavy atom. The fourth-order valence-electron chi connectivity index (χ4n) is 3.38. The first-order chi connectivity index (χ1) is 12.0. The normalized spacial score (nSPS) is 14.4. The standard InChI is InChI=1S/C19H27N5O/c1-23(2)18(17-11-22-24(3)13-17)12-21-19(25)20-10-14-7-8-15-5-4-6-16(15)9-14/h7-9,11,13,18H,4-6,10,12H2,1-3H3,(H2,20,21,25). The van der Waals surface area contributed by atoms with Crippen LogP contribution in [0.15, 0.2) is 30.6 Å². The van der Waals surface area contributed by atoms with Gasteiger partial charge in [-0.1, -0.05) is 18.2 Å². The summed E-state index contributed by atoms with van der Waals surface area (Å²) >= 11 is 0. The quantitative estimate of drug-likeness (QED) is 0.845. The third-order valence-corrected chi connectivity index (χ3v) is 4.80. The number of hydrogen-bond donors (Lipinski definition) is 2. The molecule has 1 atom stereocenters. The summed E-state index contributed by atoms with van der Waals surface area (Å²) in [4.78, 5) is 14.2. The van der Waals surface area contributed by atoms with Gasteiger partial charge < -0.3 is 15.5 Å². The van der Waals surface area contributed by atoms with Gasteiger partial charge in [0.2, 0.25) is 0 Å². The number of nitrogens with zero attached hydrogens (tertiary/aromatic N) is 3. The van der Waals surface area contributed by atoms with Crippen LogP contribution >= 0.6 is 0 Å². The Bertz CT molecular complexity index is 737. The van der Waals surface area contributed by atoms with Gasteiger partial charge in [0.15, 0.2) is 0 Å². The maximum Gasteiger partial charge on any atom is 0.315 e. The van der Waals surface area contributed by atoms with Gasteiger partial charge in [-0.25, -0.2) is 4.79 Å². The number of amides is 2. The van der Waals surface area contributed by atoms with E-state index < -0.39 is 0 Å². The monoisotopic (exact) mass is 341 g/mol. The van der Waals surface area contributed by atoms with Crippen LogP contribution in [0.4, 0.5) is 4.79 Å². The molecule has 1 aromatic carbocycles. The summed E-state index contributed by atoms with van der Waals surface area (Å²) in [5.41, 5.74) is 5.14. The lowest BCUT2D eigenvalue weighted by molar-refractivity contribution is 0.232. The molecule has 0 bridgehead atoms. The van der Waals surface area contributed by atoms with Crippen molar-refractivity contribution in [3.63, 3.8) is 0 Å². The number of rotatable bonds is 6. The molecule has 2 N–H and O–H groups in total. The van der Waals surface area contributed by atoms with Crippen LogP contribution < -0.4 is 10.6 Å². The average Bonchev–Trinajstić information content (AvgIpc) is 3.21. The second-order valence-corrected chi connectivity index (χ2v) is 6.95. The SMILES string of the molecule is CN(C)C(CNC(=O)NCc1ccc2c(c1)CCC2)c1cnn(C)c1. The van der Waals surface area contributed by atoms with Crippen molar-refractivity contribution in [2.75, 3.05) is 20.6 Å². The molecule has 2 amide bonds. The molecular weight excluding hydrogens is 314 g/mol. The molecule has 1 aliphatic rings. The minimum absolute atomic E-state index is 0.0967. The van der Waals surface area contributed by atoms with Crippen molar-refractivity contribution in [1.82, 2.24) is 25.3 Å². The molecule has 3 rings (SSSR count). The first-order valence-electron chi connectivity index (χ1n) is 8.80. The van der Waals surface area contributed by atoms with E-state index in [0.717, 1.165) is 17.5 Å². The van der Waals surface area contributed by atoms with E-state index in [9.17, 15) is 4.79 Å². The van der Waals surface area contributed by atoms with Crippen molar-refractivity contribution in [3.8, 4) is 0 Å². The average molecular weight is 341 g/mol. The van der Waals surface area contributed by atoms with Crippen LogP contribution in [0.2, 0.25) is 0 Å². The number of likely N-dealkylation sites (N-methyl/N-ethyl adjacent to an activating group) is 1. The molecule has 1 heterocycles. The highest BCUT2D eigenvalue weighted by Gasteiger charge is 2.17. The van der Waals surface area contributed by atoms with Crippen molar-refractivity contribution in [2.24, 2.45) is 7.05 Å². The van der Waals surface area contributed by atoms with Gasteiger partial charge in [0.25, 0.3) is 0 Å². The van der Waals surface area contributed by atoms with E-state index in [1.165, 1.54) is 24.0 Å². The van der Waals surface area contributed by atoms with Crippen LogP contribution in [0.1, 0.15) is 34.7 Å². The van der Waals surface area contributed by atoms with E-state index in [4.69, 9.17) is 0 Å². The van der Waals surface area contributed by atoms with Gasteiger partial charge in [-0.15, -0.1) is 0 Å². The van der Waals surface area contributed by atoms with E-state index in [1.807, 2.05) is 33.5 Å². The number of nitrogens with one attached hydrogen (secondary N) is 2. The first kappa shape index (κ1) is 17.5. The molecular formula is C19H27N5O. The molecule has 0 aliphatic heterocycles. The molecule has 0 fully saturated rings. The number of hydrogen-bond acceptors (Lipinski definition) is 3. The molecule has 1 aromatic heterocycles. The minimum Gasteiger partial charge on any atom is -0.336 e. The summed E-state index contributed by atoms with van der Waals surface area (Å²) in [6, 6.07) is 6.49. The second kappa shape index (κ2) is 7.70. The van der Waals surface area contributed by atoms with Crippen molar-refractivity contribution in [3.05, 3.63) is 52.8 Å². The number of fused-ring (bicyclic) bond motifs is 1. The van der Waals surface area contributed by atoms with Gasteiger partial charge in [0, 0.05) is 31.9 Å². The highest BCUT2D eigenvalue weighted by molar-refractivity contribution is 5.73. The van der Waals surface area contributed by atoms with E-state index >= 15 is 0 Å². The Morgan fingerprint density at radius 3 is 2.80 bits per heavy atom.